The van der Waals surface area contributed by atoms with Gasteiger partial charge >= 0.3 is 0 Å². The van der Waals surface area contributed by atoms with Crippen LogP contribution in [0.3, 0.4) is 0 Å². The van der Waals surface area contributed by atoms with E-state index >= 15 is 0 Å². The first-order chi connectivity index (χ1) is 12.5. The van der Waals surface area contributed by atoms with Crippen molar-refractivity contribution in [2.24, 2.45) is 0 Å². The van der Waals surface area contributed by atoms with Gasteiger partial charge in [-0.15, -0.1) is 0 Å². The zero-order valence-electron chi connectivity index (χ0n) is 14.5. The molecule has 136 valence electrons. The highest BCUT2D eigenvalue weighted by atomic mass is 32.2. The van der Waals surface area contributed by atoms with E-state index in [2.05, 4.69) is 0 Å². The molecule has 0 aromatic heterocycles. The molecule has 2 aromatic rings. The van der Waals surface area contributed by atoms with Crippen molar-refractivity contribution in [3.05, 3.63) is 71.8 Å². The number of carbonyl (C=O) groups is 1. The molecule has 2 aliphatic rings. The second-order valence-electron chi connectivity index (χ2n) is 7.11. The molecule has 2 heterocycles. The Morgan fingerprint density at radius 2 is 1.35 bits per heavy atom. The predicted molar refractivity (Wildman–Crippen MR) is 100 cm³/mol. The second kappa shape index (κ2) is 6.85. The summed E-state index contributed by atoms with van der Waals surface area (Å²) in [5, 5.41) is 0. The lowest BCUT2D eigenvalue weighted by Crippen LogP contribution is -2.60. The summed E-state index contributed by atoms with van der Waals surface area (Å²) in [5.74, 6) is 0.188. The summed E-state index contributed by atoms with van der Waals surface area (Å²) in [6, 6.07) is 19.3. The molecule has 0 radical (unpaired) electrons. The Labute approximate surface area is 154 Å². The van der Waals surface area contributed by atoms with Gasteiger partial charge in [0.05, 0.1) is 24.1 Å². The number of nitrogens with zero attached hydrogens (tertiary/aromatic N) is 2. The van der Waals surface area contributed by atoms with E-state index in [1.807, 2.05) is 65.6 Å². The number of fused-ring (bicyclic) bond motifs is 1. The zero-order chi connectivity index (χ0) is 18.1. The maximum atomic E-state index is 12.8. The molecule has 4 rings (SSSR count). The number of rotatable bonds is 4. The largest absolute Gasteiger partial charge is 0.332 e. The van der Waals surface area contributed by atoms with Crippen LogP contribution in [-0.4, -0.2) is 54.3 Å². The van der Waals surface area contributed by atoms with Crippen LogP contribution in [0.4, 0.5) is 0 Å². The highest BCUT2D eigenvalue weighted by Gasteiger charge is 2.49. The van der Waals surface area contributed by atoms with Gasteiger partial charge in [0.2, 0.25) is 5.91 Å². The van der Waals surface area contributed by atoms with Gasteiger partial charge in [0.1, 0.15) is 0 Å². The number of piperazine rings is 1. The van der Waals surface area contributed by atoms with Crippen molar-refractivity contribution in [3.8, 4) is 0 Å². The van der Waals surface area contributed by atoms with Gasteiger partial charge in [-0.3, -0.25) is 9.69 Å². The molecule has 2 fully saturated rings. The molecule has 2 aromatic carbocycles. The average molecular weight is 370 g/mol. The molecular formula is C20H22N2O3S. The Hall–Kier alpha value is -2.18. The first-order valence-electron chi connectivity index (χ1n) is 8.84. The van der Waals surface area contributed by atoms with Crippen molar-refractivity contribution in [3.63, 3.8) is 0 Å². The highest BCUT2D eigenvalue weighted by Crippen LogP contribution is 2.30. The van der Waals surface area contributed by atoms with Gasteiger partial charge in [0.25, 0.3) is 0 Å². The van der Waals surface area contributed by atoms with Crippen LogP contribution < -0.4 is 0 Å². The fourth-order valence-corrected chi connectivity index (χ4v) is 6.01. The zero-order valence-corrected chi connectivity index (χ0v) is 15.3. The third-order valence-corrected chi connectivity index (χ3v) is 6.94. The molecule has 0 bridgehead atoms. The molecule has 6 heteroatoms. The molecule has 0 aliphatic carbocycles. The molecule has 5 nitrogen and oxygen atoms in total. The Morgan fingerprint density at radius 3 is 1.96 bits per heavy atom. The van der Waals surface area contributed by atoms with Crippen molar-refractivity contribution in [1.29, 1.82) is 0 Å². The van der Waals surface area contributed by atoms with Crippen LogP contribution in [0.1, 0.15) is 11.1 Å². The summed E-state index contributed by atoms with van der Waals surface area (Å²) in [4.78, 5) is 16.6. The van der Waals surface area contributed by atoms with Crippen LogP contribution in [0.15, 0.2) is 60.7 Å². The van der Waals surface area contributed by atoms with Crippen LogP contribution in [0.2, 0.25) is 0 Å². The van der Waals surface area contributed by atoms with E-state index in [1.165, 1.54) is 0 Å². The summed E-state index contributed by atoms with van der Waals surface area (Å²) in [5.41, 5.74) is 2.13. The van der Waals surface area contributed by atoms with Crippen molar-refractivity contribution in [1.82, 2.24) is 9.80 Å². The molecule has 0 N–H and O–H groups in total. The van der Waals surface area contributed by atoms with E-state index in [4.69, 9.17) is 0 Å². The SMILES string of the molecule is O=C1CN(Cc2ccccc2)C2CS(=O)(=O)CC2N1Cc1ccccc1. The number of hydrogen-bond acceptors (Lipinski definition) is 4. The molecule has 26 heavy (non-hydrogen) atoms. The van der Waals surface area contributed by atoms with Crippen molar-refractivity contribution < 1.29 is 13.2 Å². The van der Waals surface area contributed by atoms with Gasteiger partial charge in [0, 0.05) is 19.1 Å². The van der Waals surface area contributed by atoms with E-state index < -0.39 is 9.84 Å². The molecule has 2 aliphatic heterocycles. The van der Waals surface area contributed by atoms with E-state index in [1.54, 1.807) is 4.90 Å². The van der Waals surface area contributed by atoms with Gasteiger partial charge < -0.3 is 4.90 Å². The van der Waals surface area contributed by atoms with Gasteiger partial charge in [-0.05, 0) is 11.1 Å². The molecule has 1 amide bonds. The molecule has 2 unspecified atom stereocenters. The lowest BCUT2D eigenvalue weighted by molar-refractivity contribution is -0.142. The van der Waals surface area contributed by atoms with Crippen molar-refractivity contribution in [2.45, 2.75) is 25.2 Å². The van der Waals surface area contributed by atoms with Crippen LogP contribution >= 0.6 is 0 Å². The maximum absolute atomic E-state index is 12.8. The standard InChI is InChI=1S/C20H22N2O3S/c23-20-13-21(11-16-7-3-1-4-8-16)18-14-26(24,25)15-19(18)22(20)12-17-9-5-2-6-10-17/h1-10,18-19H,11-15H2. The third kappa shape index (κ3) is 3.52. The fraction of sp³-hybridized carbons (Fsp3) is 0.350. The Balaban J connectivity index is 1.60. The summed E-state index contributed by atoms with van der Waals surface area (Å²) < 4.78 is 24.7. The first-order valence-corrected chi connectivity index (χ1v) is 10.7. The second-order valence-corrected chi connectivity index (χ2v) is 9.26. The minimum Gasteiger partial charge on any atom is -0.332 e. The molecule has 0 saturated carbocycles. The Kier molecular flexibility index (Phi) is 4.54. The summed E-state index contributed by atoms with van der Waals surface area (Å²) in [7, 11) is -3.14. The van der Waals surface area contributed by atoms with Gasteiger partial charge in [-0.1, -0.05) is 60.7 Å². The van der Waals surface area contributed by atoms with E-state index in [0.29, 0.717) is 13.1 Å². The molecule has 2 atom stereocenters. The number of sulfone groups is 1. The van der Waals surface area contributed by atoms with E-state index in [9.17, 15) is 13.2 Å². The summed E-state index contributed by atoms with van der Waals surface area (Å²) >= 11 is 0. The van der Waals surface area contributed by atoms with Crippen LogP contribution in [-0.2, 0) is 27.7 Å². The predicted octanol–water partition coefficient (Wildman–Crippen LogP) is 1.70. The Morgan fingerprint density at radius 1 is 0.808 bits per heavy atom. The fourth-order valence-electron chi connectivity index (χ4n) is 4.00. The lowest BCUT2D eigenvalue weighted by atomic mass is 10.0. The topological polar surface area (TPSA) is 57.7 Å². The van der Waals surface area contributed by atoms with Crippen LogP contribution in [0.5, 0.6) is 0 Å². The Bertz CT molecular complexity index is 884. The minimum absolute atomic E-state index is 0.00290. The van der Waals surface area contributed by atoms with Crippen LogP contribution in [0, 0.1) is 0 Å². The minimum atomic E-state index is -3.14. The number of benzene rings is 2. The van der Waals surface area contributed by atoms with Crippen molar-refractivity contribution in [2.75, 3.05) is 18.1 Å². The third-order valence-electron chi connectivity index (χ3n) is 5.25. The van der Waals surface area contributed by atoms with Gasteiger partial charge in [-0.25, -0.2) is 8.42 Å². The lowest BCUT2D eigenvalue weighted by Gasteiger charge is -2.43. The van der Waals surface area contributed by atoms with Gasteiger partial charge in [0.15, 0.2) is 9.84 Å². The molecular weight excluding hydrogens is 348 g/mol. The van der Waals surface area contributed by atoms with E-state index in [-0.39, 0.29) is 36.0 Å². The summed E-state index contributed by atoms with van der Waals surface area (Å²) in [6.45, 7) is 1.33. The number of amides is 1. The van der Waals surface area contributed by atoms with Crippen LogP contribution in [0.25, 0.3) is 0 Å². The maximum Gasteiger partial charge on any atom is 0.237 e. The normalized spacial score (nSPS) is 25.2. The number of carbonyl (C=O) groups excluding carboxylic acids is 1. The quantitative estimate of drug-likeness (QED) is 0.822. The number of hydrogen-bond donors (Lipinski definition) is 0. The average Bonchev–Trinajstić information content (AvgIpc) is 2.96. The first kappa shape index (κ1) is 17.2. The highest BCUT2D eigenvalue weighted by molar-refractivity contribution is 7.91. The van der Waals surface area contributed by atoms with Gasteiger partial charge in [-0.2, -0.15) is 0 Å². The monoisotopic (exact) mass is 370 g/mol. The van der Waals surface area contributed by atoms with E-state index in [0.717, 1.165) is 11.1 Å². The van der Waals surface area contributed by atoms with Crippen molar-refractivity contribution >= 4 is 15.7 Å². The summed E-state index contributed by atoms with van der Waals surface area (Å²) in [6.07, 6.45) is 0. The molecule has 2 saturated heterocycles. The molecule has 0 spiro atoms. The smallest absolute Gasteiger partial charge is 0.237 e.